The molecular weight excluding hydrogens is 1140 g/mol. The van der Waals surface area contributed by atoms with Gasteiger partial charge >= 0.3 is 36.1 Å². The Kier molecular flexibility index (Phi) is 19.2. The van der Waals surface area contributed by atoms with Gasteiger partial charge in [-0.15, -0.1) is 0 Å². The molecule has 85 heavy (non-hydrogen) atoms. The van der Waals surface area contributed by atoms with Crippen molar-refractivity contribution in [3.8, 4) is 0 Å². The van der Waals surface area contributed by atoms with Crippen molar-refractivity contribution in [1.29, 1.82) is 0 Å². The van der Waals surface area contributed by atoms with Crippen molar-refractivity contribution in [2.75, 3.05) is 26.4 Å². The lowest BCUT2D eigenvalue weighted by Crippen LogP contribution is -2.52. The molecule has 5 aromatic carbocycles. The SMILES string of the molecule is C[C@@H](OCC1(c2ccccc2)CCC(CNCc2ccc(CO)cc2)(n2cn[nH]c2=O)CC1)c1cc(C(F)(F)F)cc(C(F)(F)F)c1.C[C@@H](OCC1(c2ccccc2)CCC(CO)(n2cn[nH]c2=O)CC1)c1cc(C(F)(F)F)cc(C(F)(F)F)c1. The molecule has 25 heteroatoms. The molecule has 0 radical (unpaired) electrons. The zero-order valence-electron chi connectivity index (χ0n) is 46.1. The minimum absolute atomic E-state index is 0.0115. The van der Waals surface area contributed by atoms with E-state index >= 15 is 0 Å². The van der Waals surface area contributed by atoms with E-state index < -0.39 is 86.8 Å². The first-order chi connectivity index (χ1) is 40.0. The van der Waals surface area contributed by atoms with Gasteiger partial charge in [-0.25, -0.2) is 19.8 Å². The smallest absolute Gasteiger partial charge is 0.394 e. The number of H-pyrrole nitrogens is 2. The molecule has 2 fully saturated rings. The third-order valence-electron chi connectivity index (χ3n) is 16.8. The van der Waals surface area contributed by atoms with Crippen molar-refractivity contribution < 1.29 is 72.4 Å². The summed E-state index contributed by atoms with van der Waals surface area (Å²) in [6.45, 7) is 3.50. The van der Waals surface area contributed by atoms with Crippen LogP contribution in [0.1, 0.15) is 133 Å². The van der Waals surface area contributed by atoms with Gasteiger partial charge in [0.05, 0.1) is 72.0 Å². The number of alkyl halides is 12. The Morgan fingerprint density at radius 2 is 0.871 bits per heavy atom. The highest BCUT2D eigenvalue weighted by molar-refractivity contribution is 5.37. The second kappa shape index (κ2) is 25.5. The molecule has 0 aliphatic heterocycles. The van der Waals surface area contributed by atoms with Gasteiger partial charge < -0.3 is 25.0 Å². The van der Waals surface area contributed by atoms with Crippen LogP contribution in [0, 0.1) is 0 Å². The molecule has 9 rings (SSSR count). The number of ether oxygens (including phenoxy) is 2. The van der Waals surface area contributed by atoms with Crippen LogP contribution in [-0.2, 0) is 69.2 Å². The highest BCUT2D eigenvalue weighted by Gasteiger charge is 2.48. The van der Waals surface area contributed by atoms with E-state index in [1.165, 1.54) is 31.1 Å². The van der Waals surface area contributed by atoms with Crippen molar-refractivity contribution >= 4 is 0 Å². The van der Waals surface area contributed by atoms with Gasteiger partial charge in [-0.2, -0.15) is 62.9 Å². The standard InChI is InChI=1S/C34H36F6N4O3.C26H27F6N3O3/c1-23(26-15-28(33(35,36)37)17-29(16-26)34(38,39)40)47-21-31(27-5-3-2-4-6-27)11-13-32(14-12-31,44-22-42-43-30(44)46)20-41-18-24-7-9-25(19-45)10-8-24;1-17(18-11-20(25(27,28)29)13-21(12-18)26(30,31)32)38-15-23(19-5-3-2-4-6-19)7-9-24(14-36,10-8-23)35-16-33-34-22(35)37/h2-10,15-17,22-23,41,45H,11-14,18-21H2,1H3,(H,43,46);2-6,11-13,16-17,36H,7-10,14-15H2,1H3,(H,34,37)/t23-,31?,32?;17-,23?,24?/m11/s1. The van der Waals surface area contributed by atoms with E-state index in [1.807, 2.05) is 84.9 Å². The summed E-state index contributed by atoms with van der Waals surface area (Å²) in [5.74, 6) is 0. The lowest BCUT2D eigenvalue weighted by Gasteiger charge is -2.47. The Bertz CT molecular complexity index is 3350. The van der Waals surface area contributed by atoms with E-state index in [0.29, 0.717) is 88.7 Å². The number of aliphatic hydroxyl groups excluding tert-OH is 2. The van der Waals surface area contributed by atoms with Gasteiger partial charge in [-0.3, -0.25) is 9.13 Å². The number of hydrogen-bond acceptors (Lipinski definition) is 9. The molecular formula is C60H63F12N7O6. The normalized spacial score (nSPS) is 22.1. The number of benzene rings is 5. The van der Waals surface area contributed by atoms with Gasteiger partial charge in [-0.05, 0) is 135 Å². The van der Waals surface area contributed by atoms with Crippen LogP contribution in [0.15, 0.2) is 144 Å². The first kappa shape index (κ1) is 63.9. The lowest BCUT2D eigenvalue weighted by molar-refractivity contribution is -0.145. The Morgan fingerprint density at radius 3 is 1.20 bits per heavy atom. The number of rotatable bonds is 18. The number of hydrogen-bond donors (Lipinski definition) is 5. The molecule has 0 amide bonds. The molecule has 0 spiro atoms. The topological polar surface area (TPSA) is 172 Å². The molecule has 2 aliphatic carbocycles. The predicted octanol–water partition coefficient (Wildman–Crippen LogP) is 12.5. The fraction of sp³-hybridized carbons (Fsp3) is 0.433. The van der Waals surface area contributed by atoms with Crippen LogP contribution >= 0.6 is 0 Å². The second-order valence-corrected chi connectivity index (χ2v) is 22.1. The van der Waals surface area contributed by atoms with Gasteiger partial charge in [0.2, 0.25) is 0 Å². The first-order valence-corrected chi connectivity index (χ1v) is 27.2. The summed E-state index contributed by atoms with van der Waals surface area (Å²) in [4.78, 5) is 25.1. The average Bonchev–Trinajstić information content (AvgIpc) is 1.90. The molecule has 13 nitrogen and oxygen atoms in total. The van der Waals surface area contributed by atoms with Crippen LogP contribution in [0.5, 0.6) is 0 Å². The molecule has 2 atom stereocenters. The minimum Gasteiger partial charge on any atom is -0.394 e. The average molecular weight is 1210 g/mol. The molecule has 0 unspecified atom stereocenters. The largest absolute Gasteiger partial charge is 0.416 e. The monoisotopic (exact) mass is 1210 g/mol. The maximum absolute atomic E-state index is 13.5. The van der Waals surface area contributed by atoms with Crippen molar-refractivity contribution in [1.82, 2.24) is 34.8 Å². The van der Waals surface area contributed by atoms with Gasteiger partial charge in [0.1, 0.15) is 12.7 Å². The number of nitrogens with zero attached hydrogens (tertiary/aromatic N) is 4. The molecule has 2 aliphatic rings. The van der Waals surface area contributed by atoms with Crippen LogP contribution in [0.25, 0.3) is 0 Å². The number of aromatic nitrogens is 6. The minimum atomic E-state index is -4.96. The zero-order valence-corrected chi connectivity index (χ0v) is 46.1. The Morgan fingerprint density at radius 1 is 0.518 bits per heavy atom. The molecule has 7 aromatic rings. The summed E-state index contributed by atoms with van der Waals surface area (Å²) in [6.07, 6.45) is -15.5. The summed E-state index contributed by atoms with van der Waals surface area (Å²) in [5, 5.41) is 35.5. The van der Waals surface area contributed by atoms with E-state index in [2.05, 4.69) is 25.7 Å². The van der Waals surface area contributed by atoms with Crippen LogP contribution in [0.2, 0.25) is 0 Å². The third kappa shape index (κ3) is 14.8. The summed E-state index contributed by atoms with van der Waals surface area (Å²) < 4.78 is 176. The number of aliphatic hydroxyl groups is 2. The molecule has 5 N–H and O–H groups in total. The van der Waals surface area contributed by atoms with Crippen LogP contribution in [0.4, 0.5) is 52.7 Å². The van der Waals surface area contributed by atoms with Crippen LogP contribution < -0.4 is 16.7 Å². The van der Waals surface area contributed by atoms with Gasteiger partial charge in [0.25, 0.3) is 0 Å². The second-order valence-electron chi connectivity index (χ2n) is 22.1. The van der Waals surface area contributed by atoms with E-state index in [9.17, 15) is 72.5 Å². The van der Waals surface area contributed by atoms with E-state index in [1.54, 1.807) is 4.57 Å². The molecule has 2 heterocycles. The fourth-order valence-electron chi connectivity index (χ4n) is 11.5. The van der Waals surface area contributed by atoms with Crippen LogP contribution in [-0.4, -0.2) is 66.1 Å². The summed E-state index contributed by atoms with van der Waals surface area (Å²) >= 11 is 0. The van der Waals surface area contributed by atoms with E-state index in [4.69, 9.17) is 9.47 Å². The molecule has 0 bridgehead atoms. The molecule has 0 saturated heterocycles. The molecule has 458 valence electrons. The van der Waals surface area contributed by atoms with Crippen molar-refractivity contribution in [3.05, 3.63) is 211 Å². The van der Waals surface area contributed by atoms with Crippen molar-refractivity contribution in [2.24, 2.45) is 0 Å². The number of aromatic amines is 2. The van der Waals surface area contributed by atoms with E-state index in [-0.39, 0.29) is 55.4 Å². The van der Waals surface area contributed by atoms with Gasteiger partial charge in [0.15, 0.2) is 0 Å². The number of nitrogens with one attached hydrogen (secondary N) is 3. The van der Waals surface area contributed by atoms with Gasteiger partial charge in [0, 0.05) is 23.9 Å². The first-order valence-electron chi connectivity index (χ1n) is 27.2. The summed E-state index contributed by atoms with van der Waals surface area (Å²) in [6, 6.07) is 29.2. The van der Waals surface area contributed by atoms with E-state index in [0.717, 1.165) is 22.3 Å². The van der Waals surface area contributed by atoms with Gasteiger partial charge in [-0.1, -0.05) is 84.9 Å². The summed E-state index contributed by atoms with van der Waals surface area (Å²) in [7, 11) is 0. The Hall–Kier alpha value is -7.06. The quantitative estimate of drug-likeness (QED) is 0.0524. The maximum atomic E-state index is 13.5. The highest BCUT2D eigenvalue weighted by atomic mass is 19.4. The third-order valence-corrected chi connectivity index (χ3v) is 16.8. The fourth-order valence-corrected chi connectivity index (χ4v) is 11.5. The van der Waals surface area contributed by atoms with Crippen molar-refractivity contribution in [3.63, 3.8) is 0 Å². The zero-order chi connectivity index (χ0) is 61.6. The highest BCUT2D eigenvalue weighted by Crippen LogP contribution is 2.49. The Labute approximate surface area is 480 Å². The summed E-state index contributed by atoms with van der Waals surface area (Å²) in [5.41, 5.74) is -6.06. The molecule has 2 aromatic heterocycles. The lowest BCUT2D eigenvalue weighted by atomic mass is 9.64. The number of halogens is 12. The van der Waals surface area contributed by atoms with Crippen molar-refractivity contribution in [2.45, 2.75) is 137 Å². The Balaban J connectivity index is 0.000000226. The molecule has 2 saturated carbocycles. The maximum Gasteiger partial charge on any atom is 0.416 e. The van der Waals surface area contributed by atoms with Crippen LogP contribution in [0.3, 0.4) is 0 Å². The predicted molar refractivity (Wildman–Crippen MR) is 288 cm³/mol.